The monoisotopic (exact) mass is 273 g/mol. The summed E-state index contributed by atoms with van der Waals surface area (Å²) in [7, 11) is 1.99. The number of hydrogen-bond acceptors (Lipinski definition) is 1. The molecular formula is C17H20ClN. The van der Waals surface area contributed by atoms with E-state index in [0.29, 0.717) is 0 Å². The van der Waals surface area contributed by atoms with Crippen LogP contribution in [0.2, 0.25) is 5.02 Å². The van der Waals surface area contributed by atoms with E-state index >= 15 is 0 Å². The minimum Gasteiger partial charge on any atom is -0.313 e. The third-order valence-electron chi connectivity index (χ3n) is 3.62. The Hall–Kier alpha value is -1.31. The average molecular weight is 274 g/mol. The number of nitrogens with one attached hydrogen (secondary N) is 1. The van der Waals surface area contributed by atoms with Crippen molar-refractivity contribution < 1.29 is 0 Å². The quantitative estimate of drug-likeness (QED) is 0.867. The van der Waals surface area contributed by atoms with Gasteiger partial charge in [0.2, 0.25) is 0 Å². The first-order valence-corrected chi connectivity index (χ1v) is 6.97. The maximum absolute atomic E-state index is 6.40. The third-order valence-corrected chi connectivity index (χ3v) is 3.95. The van der Waals surface area contributed by atoms with E-state index in [1.807, 2.05) is 13.1 Å². The van der Waals surface area contributed by atoms with Crippen LogP contribution in [-0.4, -0.2) is 7.05 Å². The second-order valence-corrected chi connectivity index (χ2v) is 5.40. The van der Waals surface area contributed by atoms with E-state index in [2.05, 4.69) is 55.6 Å². The molecule has 0 saturated carbocycles. The largest absolute Gasteiger partial charge is 0.313 e. The Morgan fingerprint density at radius 2 is 1.68 bits per heavy atom. The molecule has 0 saturated heterocycles. The summed E-state index contributed by atoms with van der Waals surface area (Å²) in [4.78, 5) is 0. The third kappa shape index (κ3) is 3.37. The molecule has 2 aromatic rings. The Kier molecular flexibility index (Phi) is 4.62. The van der Waals surface area contributed by atoms with Gasteiger partial charge in [-0.3, -0.25) is 0 Å². The van der Waals surface area contributed by atoms with Gasteiger partial charge in [-0.1, -0.05) is 48.0 Å². The van der Waals surface area contributed by atoms with Crippen LogP contribution < -0.4 is 5.32 Å². The summed E-state index contributed by atoms with van der Waals surface area (Å²) >= 11 is 6.40. The normalized spacial score (nSPS) is 12.4. The Morgan fingerprint density at radius 3 is 2.32 bits per heavy atom. The lowest BCUT2D eigenvalue weighted by Crippen LogP contribution is -2.19. The van der Waals surface area contributed by atoms with Gasteiger partial charge in [-0.05, 0) is 55.6 Å². The minimum atomic E-state index is 0.245. The van der Waals surface area contributed by atoms with Crippen LogP contribution in [0.25, 0.3) is 0 Å². The Labute approximate surface area is 120 Å². The van der Waals surface area contributed by atoms with Crippen LogP contribution in [-0.2, 0) is 6.42 Å². The van der Waals surface area contributed by atoms with Gasteiger partial charge in [-0.25, -0.2) is 0 Å². The number of benzene rings is 2. The van der Waals surface area contributed by atoms with Crippen LogP contribution in [0, 0.1) is 13.8 Å². The molecule has 100 valence electrons. The van der Waals surface area contributed by atoms with Crippen molar-refractivity contribution in [2.45, 2.75) is 26.3 Å². The van der Waals surface area contributed by atoms with Crippen LogP contribution >= 0.6 is 11.6 Å². The summed E-state index contributed by atoms with van der Waals surface area (Å²) in [6.45, 7) is 4.22. The van der Waals surface area contributed by atoms with Crippen molar-refractivity contribution in [2.24, 2.45) is 0 Å². The van der Waals surface area contributed by atoms with Crippen molar-refractivity contribution in [3.8, 4) is 0 Å². The van der Waals surface area contributed by atoms with Crippen molar-refractivity contribution in [1.82, 2.24) is 5.32 Å². The van der Waals surface area contributed by atoms with Crippen molar-refractivity contribution in [1.29, 1.82) is 0 Å². The van der Waals surface area contributed by atoms with E-state index in [1.54, 1.807) is 0 Å². The highest BCUT2D eigenvalue weighted by Crippen LogP contribution is 2.28. The van der Waals surface area contributed by atoms with Crippen molar-refractivity contribution in [3.63, 3.8) is 0 Å². The zero-order chi connectivity index (χ0) is 13.8. The van der Waals surface area contributed by atoms with Gasteiger partial charge in [0.05, 0.1) is 0 Å². The van der Waals surface area contributed by atoms with Crippen molar-refractivity contribution in [3.05, 3.63) is 69.7 Å². The first kappa shape index (κ1) is 14.1. The van der Waals surface area contributed by atoms with Crippen LogP contribution in [0.15, 0.2) is 42.5 Å². The fourth-order valence-corrected chi connectivity index (χ4v) is 2.64. The van der Waals surface area contributed by atoms with E-state index in [0.717, 1.165) is 11.4 Å². The summed E-state index contributed by atoms with van der Waals surface area (Å²) in [5.41, 5.74) is 5.02. The molecule has 19 heavy (non-hydrogen) atoms. The van der Waals surface area contributed by atoms with Gasteiger partial charge in [-0.2, -0.15) is 0 Å². The molecule has 2 rings (SSSR count). The van der Waals surface area contributed by atoms with E-state index < -0.39 is 0 Å². The van der Waals surface area contributed by atoms with E-state index in [-0.39, 0.29) is 6.04 Å². The van der Waals surface area contributed by atoms with Crippen LogP contribution in [0.4, 0.5) is 0 Å². The summed E-state index contributed by atoms with van der Waals surface area (Å²) < 4.78 is 0. The topological polar surface area (TPSA) is 12.0 Å². The fourth-order valence-electron chi connectivity index (χ4n) is 2.29. The molecule has 0 bridgehead atoms. The minimum absolute atomic E-state index is 0.245. The SMILES string of the molecule is CNC(Cc1ccccc1)c1cc(C)c(C)cc1Cl. The molecule has 0 heterocycles. The molecule has 0 spiro atoms. The molecule has 0 radical (unpaired) electrons. The standard InChI is InChI=1S/C17H20ClN/c1-12-9-15(16(18)10-13(12)2)17(19-3)11-14-7-5-4-6-8-14/h4-10,17,19H,11H2,1-3H3. The molecule has 1 N–H and O–H groups in total. The molecule has 0 aliphatic heterocycles. The second-order valence-electron chi connectivity index (χ2n) is 4.99. The van der Waals surface area contributed by atoms with Crippen LogP contribution in [0.1, 0.15) is 28.3 Å². The molecule has 2 aromatic carbocycles. The summed E-state index contributed by atoms with van der Waals surface area (Å²) in [5, 5.41) is 4.22. The van der Waals surface area contributed by atoms with Gasteiger partial charge in [0.15, 0.2) is 0 Å². The first-order valence-electron chi connectivity index (χ1n) is 6.59. The van der Waals surface area contributed by atoms with Gasteiger partial charge in [0.1, 0.15) is 0 Å². The maximum atomic E-state index is 6.40. The molecule has 0 fully saturated rings. The average Bonchev–Trinajstić information content (AvgIpc) is 2.42. The first-order chi connectivity index (χ1) is 9.11. The number of likely N-dealkylation sites (N-methyl/N-ethyl adjacent to an activating group) is 1. The van der Waals surface area contributed by atoms with Crippen molar-refractivity contribution in [2.75, 3.05) is 7.05 Å². The highest BCUT2D eigenvalue weighted by molar-refractivity contribution is 6.31. The predicted octanol–water partition coefficient (Wildman–Crippen LogP) is 4.46. The predicted molar refractivity (Wildman–Crippen MR) is 82.9 cm³/mol. The summed E-state index contributed by atoms with van der Waals surface area (Å²) in [5.74, 6) is 0. The molecule has 1 atom stereocenters. The number of hydrogen-bond donors (Lipinski definition) is 1. The number of aryl methyl sites for hydroxylation is 2. The molecule has 0 aromatic heterocycles. The zero-order valence-corrected chi connectivity index (χ0v) is 12.5. The molecule has 0 aliphatic carbocycles. The smallest absolute Gasteiger partial charge is 0.0456 e. The molecule has 0 amide bonds. The van der Waals surface area contributed by atoms with Crippen LogP contribution in [0.5, 0.6) is 0 Å². The van der Waals surface area contributed by atoms with E-state index in [9.17, 15) is 0 Å². The molecule has 1 nitrogen and oxygen atoms in total. The maximum Gasteiger partial charge on any atom is 0.0456 e. The molecular weight excluding hydrogens is 254 g/mol. The number of rotatable bonds is 4. The lowest BCUT2D eigenvalue weighted by atomic mass is 9.96. The van der Waals surface area contributed by atoms with Gasteiger partial charge in [0, 0.05) is 11.1 Å². The Morgan fingerprint density at radius 1 is 1.05 bits per heavy atom. The van der Waals surface area contributed by atoms with Gasteiger partial charge < -0.3 is 5.32 Å². The van der Waals surface area contributed by atoms with E-state index in [4.69, 9.17) is 11.6 Å². The zero-order valence-electron chi connectivity index (χ0n) is 11.7. The second kappa shape index (κ2) is 6.23. The number of halogens is 1. The summed E-state index contributed by atoms with van der Waals surface area (Å²) in [6, 6.07) is 15.0. The Balaban J connectivity index is 2.30. The lowest BCUT2D eigenvalue weighted by molar-refractivity contribution is 0.592. The van der Waals surface area contributed by atoms with Gasteiger partial charge in [0.25, 0.3) is 0 Å². The highest BCUT2D eigenvalue weighted by Gasteiger charge is 2.14. The fraction of sp³-hybridized carbons (Fsp3) is 0.294. The van der Waals surface area contributed by atoms with Gasteiger partial charge >= 0.3 is 0 Å². The molecule has 1 unspecified atom stereocenters. The lowest BCUT2D eigenvalue weighted by Gasteiger charge is -2.19. The van der Waals surface area contributed by atoms with Crippen molar-refractivity contribution >= 4 is 11.6 Å². The van der Waals surface area contributed by atoms with E-state index in [1.165, 1.54) is 22.3 Å². The molecule has 0 aliphatic rings. The molecule has 2 heteroatoms. The highest BCUT2D eigenvalue weighted by atomic mass is 35.5. The summed E-state index contributed by atoms with van der Waals surface area (Å²) in [6.07, 6.45) is 0.944. The van der Waals surface area contributed by atoms with Crippen LogP contribution in [0.3, 0.4) is 0 Å². The Bertz CT molecular complexity index is 549. The van der Waals surface area contributed by atoms with Gasteiger partial charge in [-0.15, -0.1) is 0 Å².